The summed E-state index contributed by atoms with van der Waals surface area (Å²) in [7, 11) is 0. The second-order valence-electron chi connectivity index (χ2n) is 6.13. The number of furan rings is 1. The Balaban J connectivity index is 1.80. The first-order chi connectivity index (χ1) is 13.6. The molecule has 0 saturated carbocycles. The van der Waals surface area contributed by atoms with Gasteiger partial charge in [-0.2, -0.15) is 4.80 Å². The van der Waals surface area contributed by atoms with E-state index in [1.807, 2.05) is 6.07 Å². The van der Waals surface area contributed by atoms with Crippen molar-refractivity contribution in [2.24, 2.45) is 0 Å². The van der Waals surface area contributed by atoms with Crippen LogP contribution in [-0.4, -0.2) is 31.1 Å². The molecule has 3 heterocycles. The van der Waals surface area contributed by atoms with Gasteiger partial charge in [0.15, 0.2) is 5.76 Å². The van der Waals surface area contributed by atoms with Crippen molar-refractivity contribution >= 4 is 39.5 Å². The maximum Gasteiger partial charge on any atom is 0.336 e. The van der Waals surface area contributed by atoms with Crippen LogP contribution in [0.1, 0.15) is 10.4 Å². The SMILES string of the molecule is O=C(O)c1cc(-c2ccco2)nc2ccc3nn(-c4cccc(Cl)c4)nc3c12. The van der Waals surface area contributed by atoms with Gasteiger partial charge < -0.3 is 9.52 Å². The van der Waals surface area contributed by atoms with E-state index in [2.05, 4.69) is 15.2 Å². The van der Waals surface area contributed by atoms with Gasteiger partial charge in [0.25, 0.3) is 0 Å². The molecule has 0 aliphatic carbocycles. The molecule has 0 spiro atoms. The molecule has 5 rings (SSSR count). The number of hydrogen-bond acceptors (Lipinski definition) is 5. The van der Waals surface area contributed by atoms with Crippen LogP contribution in [0.5, 0.6) is 0 Å². The third-order valence-electron chi connectivity index (χ3n) is 4.37. The van der Waals surface area contributed by atoms with Crippen LogP contribution in [0.3, 0.4) is 0 Å². The lowest BCUT2D eigenvalue weighted by Crippen LogP contribution is -2.01. The van der Waals surface area contributed by atoms with Gasteiger partial charge >= 0.3 is 5.97 Å². The lowest BCUT2D eigenvalue weighted by Gasteiger charge is -2.05. The normalized spacial score (nSPS) is 11.3. The highest BCUT2D eigenvalue weighted by molar-refractivity contribution is 6.30. The highest BCUT2D eigenvalue weighted by atomic mass is 35.5. The first kappa shape index (κ1) is 16.5. The number of benzene rings is 2. The minimum Gasteiger partial charge on any atom is -0.478 e. The van der Waals surface area contributed by atoms with Crippen molar-refractivity contribution in [3.05, 3.63) is 71.4 Å². The topological polar surface area (TPSA) is 94.0 Å². The van der Waals surface area contributed by atoms with Crippen LogP contribution < -0.4 is 0 Å². The number of aromatic carboxylic acids is 1. The fourth-order valence-corrected chi connectivity index (χ4v) is 3.32. The first-order valence-electron chi connectivity index (χ1n) is 8.34. The molecular formula is C20H11ClN4O3. The Morgan fingerprint density at radius 1 is 1.04 bits per heavy atom. The van der Waals surface area contributed by atoms with Crippen LogP contribution in [0.15, 0.2) is 65.3 Å². The number of carboxylic acid groups (broad SMARTS) is 1. The summed E-state index contributed by atoms with van der Waals surface area (Å²) in [4.78, 5) is 18.0. The van der Waals surface area contributed by atoms with Crippen molar-refractivity contribution in [3.8, 4) is 17.1 Å². The summed E-state index contributed by atoms with van der Waals surface area (Å²) < 4.78 is 5.36. The zero-order valence-electron chi connectivity index (χ0n) is 14.2. The van der Waals surface area contributed by atoms with Gasteiger partial charge in [-0.25, -0.2) is 9.78 Å². The highest BCUT2D eigenvalue weighted by Crippen LogP contribution is 2.30. The molecule has 0 fully saturated rings. The van der Waals surface area contributed by atoms with Crippen LogP contribution >= 0.6 is 11.6 Å². The van der Waals surface area contributed by atoms with Gasteiger partial charge in [0.05, 0.1) is 23.0 Å². The summed E-state index contributed by atoms with van der Waals surface area (Å²) in [5.41, 5.74) is 2.71. The number of carbonyl (C=O) groups is 1. The Bertz CT molecular complexity index is 1360. The predicted molar refractivity (Wildman–Crippen MR) is 104 cm³/mol. The van der Waals surface area contributed by atoms with Crippen molar-refractivity contribution in [1.29, 1.82) is 0 Å². The molecule has 3 aromatic heterocycles. The molecule has 0 radical (unpaired) electrons. The van der Waals surface area contributed by atoms with Gasteiger partial charge in [-0.3, -0.25) is 0 Å². The van der Waals surface area contributed by atoms with E-state index in [0.29, 0.717) is 44.1 Å². The van der Waals surface area contributed by atoms with Gasteiger partial charge in [-0.1, -0.05) is 17.7 Å². The number of nitrogens with zero attached hydrogens (tertiary/aromatic N) is 4. The predicted octanol–water partition coefficient (Wildman–Crippen LogP) is 4.58. The van der Waals surface area contributed by atoms with E-state index in [-0.39, 0.29) is 5.56 Å². The van der Waals surface area contributed by atoms with E-state index < -0.39 is 5.97 Å². The summed E-state index contributed by atoms with van der Waals surface area (Å²) in [6.07, 6.45) is 1.52. The molecule has 0 unspecified atom stereocenters. The number of carboxylic acids is 1. The Kier molecular flexibility index (Phi) is 3.63. The summed E-state index contributed by atoms with van der Waals surface area (Å²) >= 11 is 6.06. The van der Waals surface area contributed by atoms with Crippen LogP contribution in [0, 0.1) is 0 Å². The molecule has 0 aliphatic rings. The zero-order chi connectivity index (χ0) is 19.3. The zero-order valence-corrected chi connectivity index (χ0v) is 15.0. The number of rotatable bonds is 3. The van der Waals surface area contributed by atoms with E-state index in [1.54, 1.807) is 42.5 Å². The number of pyridine rings is 1. The maximum absolute atomic E-state index is 12.0. The maximum atomic E-state index is 12.0. The van der Waals surface area contributed by atoms with Gasteiger partial charge in [0.1, 0.15) is 16.7 Å². The standard InChI is InChI=1S/C20H11ClN4O3/c21-11-3-1-4-12(9-11)25-23-15-7-6-14-18(19(15)24-25)13(20(26)27)10-16(22-14)17-5-2-8-28-17/h1-10H,(H,26,27). The van der Waals surface area contributed by atoms with E-state index in [1.165, 1.54) is 17.1 Å². The fourth-order valence-electron chi connectivity index (χ4n) is 3.14. The van der Waals surface area contributed by atoms with Crippen LogP contribution in [0.25, 0.3) is 39.1 Å². The molecule has 28 heavy (non-hydrogen) atoms. The summed E-state index contributed by atoms with van der Waals surface area (Å²) in [6.45, 7) is 0. The number of aromatic nitrogens is 4. The molecule has 0 amide bonds. The quantitative estimate of drug-likeness (QED) is 0.484. The van der Waals surface area contributed by atoms with Crippen molar-refractivity contribution in [1.82, 2.24) is 20.0 Å². The lowest BCUT2D eigenvalue weighted by molar-refractivity contribution is 0.0699. The van der Waals surface area contributed by atoms with Crippen LogP contribution in [0.4, 0.5) is 0 Å². The Labute approximate surface area is 162 Å². The molecule has 8 heteroatoms. The van der Waals surface area contributed by atoms with Gasteiger partial charge in [-0.15, -0.1) is 10.2 Å². The molecule has 7 nitrogen and oxygen atoms in total. The molecule has 2 aromatic carbocycles. The summed E-state index contributed by atoms with van der Waals surface area (Å²) in [5.74, 6) is -0.586. The highest BCUT2D eigenvalue weighted by Gasteiger charge is 2.19. The third kappa shape index (κ3) is 2.60. The second kappa shape index (κ2) is 6.17. The summed E-state index contributed by atoms with van der Waals surface area (Å²) in [6, 6.07) is 15.5. The fraction of sp³-hybridized carbons (Fsp3) is 0. The van der Waals surface area contributed by atoms with Crippen molar-refractivity contribution < 1.29 is 14.3 Å². The van der Waals surface area contributed by atoms with Crippen LogP contribution in [-0.2, 0) is 0 Å². The molecule has 1 N–H and O–H groups in total. The van der Waals surface area contributed by atoms with Crippen LogP contribution in [0.2, 0.25) is 5.02 Å². The largest absolute Gasteiger partial charge is 0.478 e. The molecule has 0 aliphatic heterocycles. The first-order valence-corrected chi connectivity index (χ1v) is 8.72. The van der Waals surface area contributed by atoms with E-state index in [0.717, 1.165) is 0 Å². The minimum atomic E-state index is -1.08. The average molecular weight is 391 g/mol. The Morgan fingerprint density at radius 3 is 2.64 bits per heavy atom. The summed E-state index contributed by atoms with van der Waals surface area (Å²) in [5, 5.41) is 19.7. The third-order valence-corrected chi connectivity index (χ3v) is 4.60. The number of halogens is 1. The lowest BCUT2D eigenvalue weighted by atomic mass is 10.1. The van der Waals surface area contributed by atoms with E-state index >= 15 is 0 Å². The molecule has 136 valence electrons. The monoisotopic (exact) mass is 390 g/mol. The Morgan fingerprint density at radius 2 is 1.89 bits per heavy atom. The molecule has 0 bridgehead atoms. The van der Waals surface area contributed by atoms with Crippen molar-refractivity contribution in [3.63, 3.8) is 0 Å². The number of fused-ring (bicyclic) bond motifs is 3. The second-order valence-corrected chi connectivity index (χ2v) is 6.57. The smallest absolute Gasteiger partial charge is 0.336 e. The average Bonchev–Trinajstić information content (AvgIpc) is 3.36. The van der Waals surface area contributed by atoms with Gasteiger partial charge in [-0.05, 0) is 48.5 Å². The van der Waals surface area contributed by atoms with E-state index in [9.17, 15) is 9.90 Å². The van der Waals surface area contributed by atoms with Gasteiger partial charge in [0, 0.05) is 10.4 Å². The molecule has 0 atom stereocenters. The molecular weight excluding hydrogens is 380 g/mol. The number of hydrogen-bond donors (Lipinski definition) is 1. The van der Waals surface area contributed by atoms with Crippen molar-refractivity contribution in [2.75, 3.05) is 0 Å². The van der Waals surface area contributed by atoms with E-state index in [4.69, 9.17) is 16.0 Å². The minimum absolute atomic E-state index is 0.0835. The Hall–Kier alpha value is -3.71. The van der Waals surface area contributed by atoms with Crippen molar-refractivity contribution in [2.45, 2.75) is 0 Å². The molecule has 5 aromatic rings. The molecule has 0 saturated heterocycles. The van der Waals surface area contributed by atoms with Gasteiger partial charge in [0.2, 0.25) is 0 Å².